The van der Waals surface area contributed by atoms with Crippen LogP contribution in [-0.2, 0) is 0 Å². The number of allylic oxidation sites excluding steroid dienone is 1. The van der Waals surface area contributed by atoms with Crippen molar-refractivity contribution in [2.24, 2.45) is 0 Å². The van der Waals surface area contributed by atoms with Crippen LogP contribution in [0, 0.1) is 0 Å². The SMILES string of the molecule is C[Si](C)(C)C/C=C/[P+](c1ccccc1)(c1ccccc1)c1ccccc1. The molecule has 0 aliphatic heterocycles. The Morgan fingerprint density at radius 2 is 0.962 bits per heavy atom. The van der Waals surface area contributed by atoms with Gasteiger partial charge >= 0.3 is 0 Å². The van der Waals surface area contributed by atoms with Gasteiger partial charge in [0.2, 0.25) is 0 Å². The summed E-state index contributed by atoms with van der Waals surface area (Å²) < 4.78 is 0. The second-order valence-electron chi connectivity index (χ2n) is 7.88. The highest BCUT2D eigenvalue weighted by atomic mass is 31.2. The Morgan fingerprint density at radius 3 is 1.27 bits per heavy atom. The number of benzene rings is 3. The molecule has 26 heavy (non-hydrogen) atoms. The molecule has 0 spiro atoms. The fraction of sp³-hybridized carbons (Fsp3) is 0.167. The van der Waals surface area contributed by atoms with Gasteiger partial charge in [-0.2, -0.15) is 0 Å². The largest absolute Gasteiger partial charge is 0.136 e. The standard InChI is InChI=1S/C24H28PSi/c1-26(2,3)21-13-20-25(22-14-7-4-8-15-22,23-16-9-5-10-17-23)24-18-11-6-12-19-24/h4-20H,21H2,1-3H3/q+1/b20-13+. The Bertz CT molecular complexity index is 737. The van der Waals surface area contributed by atoms with Gasteiger partial charge in [-0.15, -0.1) is 0 Å². The first-order valence-electron chi connectivity index (χ1n) is 9.26. The average Bonchev–Trinajstić information content (AvgIpc) is 2.67. The zero-order valence-electron chi connectivity index (χ0n) is 16.0. The highest BCUT2D eigenvalue weighted by Crippen LogP contribution is 2.57. The lowest BCUT2D eigenvalue weighted by molar-refractivity contribution is 1.52. The third-order valence-electron chi connectivity index (χ3n) is 4.55. The lowest BCUT2D eigenvalue weighted by Gasteiger charge is -2.24. The van der Waals surface area contributed by atoms with E-state index in [0.29, 0.717) is 0 Å². The molecule has 0 nitrogen and oxygen atoms in total. The van der Waals surface area contributed by atoms with Crippen molar-refractivity contribution in [3.8, 4) is 0 Å². The second-order valence-corrected chi connectivity index (χ2v) is 16.7. The summed E-state index contributed by atoms with van der Waals surface area (Å²) in [6.07, 6.45) is 2.47. The molecular weight excluding hydrogens is 347 g/mol. The van der Waals surface area contributed by atoms with Gasteiger partial charge in [-0.25, -0.2) is 0 Å². The molecule has 0 saturated heterocycles. The Labute approximate surface area is 160 Å². The van der Waals surface area contributed by atoms with Crippen LogP contribution in [0.2, 0.25) is 25.7 Å². The summed E-state index contributed by atoms with van der Waals surface area (Å²) in [6, 6.07) is 34.3. The van der Waals surface area contributed by atoms with Crippen molar-refractivity contribution >= 4 is 31.2 Å². The van der Waals surface area contributed by atoms with Crippen LogP contribution >= 0.6 is 7.26 Å². The maximum Gasteiger partial charge on any atom is 0.136 e. The Balaban J connectivity index is 2.25. The molecular formula is C24H28PSi+. The molecule has 0 fully saturated rings. The van der Waals surface area contributed by atoms with Crippen molar-refractivity contribution in [2.75, 3.05) is 0 Å². The Kier molecular flexibility index (Phi) is 5.91. The van der Waals surface area contributed by atoms with Crippen molar-refractivity contribution in [2.45, 2.75) is 25.7 Å². The van der Waals surface area contributed by atoms with E-state index in [1.165, 1.54) is 22.0 Å². The second kappa shape index (κ2) is 8.16. The van der Waals surface area contributed by atoms with E-state index in [1.54, 1.807) is 0 Å². The Morgan fingerprint density at radius 1 is 0.615 bits per heavy atom. The predicted octanol–water partition coefficient (Wildman–Crippen LogP) is 5.83. The molecule has 0 amide bonds. The fourth-order valence-electron chi connectivity index (χ4n) is 3.26. The molecule has 2 heteroatoms. The molecule has 0 aliphatic rings. The number of hydrogen-bond acceptors (Lipinski definition) is 0. The number of hydrogen-bond donors (Lipinski definition) is 0. The summed E-state index contributed by atoms with van der Waals surface area (Å²) in [4.78, 5) is 0. The first-order valence-corrected chi connectivity index (χ1v) is 14.8. The van der Waals surface area contributed by atoms with Crippen LogP contribution in [0.5, 0.6) is 0 Å². The molecule has 0 aliphatic carbocycles. The van der Waals surface area contributed by atoms with Crippen LogP contribution in [0.1, 0.15) is 0 Å². The van der Waals surface area contributed by atoms with E-state index in [1.807, 2.05) is 0 Å². The molecule has 3 aromatic carbocycles. The summed E-state index contributed by atoms with van der Waals surface area (Å²) >= 11 is 0. The van der Waals surface area contributed by atoms with Gasteiger partial charge in [-0.05, 0) is 42.4 Å². The van der Waals surface area contributed by atoms with Gasteiger partial charge < -0.3 is 0 Å². The highest BCUT2D eigenvalue weighted by Gasteiger charge is 2.43. The third kappa shape index (κ3) is 4.23. The zero-order valence-corrected chi connectivity index (χ0v) is 17.9. The maximum absolute atomic E-state index is 2.55. The molecule has 0 N–H and O–H groups in total. The molecule has 0 aromatic heterocycles. The van der Waals surface area contributed by atoms with Crippen LogP contribution in [-0.4, -0.2) is 8.07 Å². The minimum absolute atomic E-state index is 1.13. The summed E-state index contributed by atoms with van der Waals surface area (Å²) in [7, 11) is -2.93. The first-order chi connectivity index (χ1) is 12.5. The zero-order chi connectivity index (χ0) is 18.5. The quantitative estimate of drug-likeness (QED) is 0.375. The monoisotopic (exact) mass is 375 g/mol. The van der Waals surface area contributed by atoms with E-state index in [4.69, 9.17) is 0 Å². The van der Waals surface area contributed by atoms with Gasteiger partial charge in [-0.3, -0.25) is 0 Å². The van der Waals surface area contributed by atoms with Crippen molar-refractivity contribution in [1.29, 1.82) is 0 Å². The van der Waals surface area contributed by atoms with E-state index >= 15 is 0 Å². The van der Waals surface area contributed by atoms with Crippen LogP contribution in [0.4, 0.5) is 0 Å². The first kappa shape index (κ1) is 18.8. The lowest BCUT2D eigenvalue weighted by atomic mass is 10.4. The summed E-state index contributed by atoms with van der Waals surface area (Å²) in [5.41, 5.74) is 0. The van der Waals surface area contributed by atoms with Crippen LogP contribution < -0.4 is 15.9 Å². The molecule has 3 aromatic rings. The molecule has 0 saturated carbocycles. The maximum atomic E-state index is 2.55. The minimum Gasteiger partial charge on any atom is -0.0693 e. The average molecular weight is 376 g/mol. The van der Waals surface area contributed by atoms with Crippen LogP contribution in [0.25, 0.3) is 0 Å². The molecule has 0 atom stereocenters. The van der Waals surface area contributed by atoms with Gasteiger partial charge in [0, 0.05) is 8.07 Å². The van der Waals surface area contributed by atoms with Gasteiger partial charge in [-0.1, -0.05) is 80.3 Å². The van der Waals surface area contributed by atoms with E-state index in [0.717, 1.165) is 0 Å². The van der Waals surface area contributed by atoms with Crippen molar-refractivity contribution in [3.63, 3.8) is 0 Å². The van der Waals surface area contributed by atoms with E-state index < -0.39 is 15.3 Å². The molecule has 132 valence electrons. The van der Waals surface area contributed by atoms with Crippen LogP contribution in [0.3, 0.4) is 0 Å². The summed E-state index contributed by atoms with van der Waals surface area (Å²) in [5, 5.41) is 4.26. The minimum atomic E-state index is -1.80. The van der Waals surface area contributed by atoms with E-state index in [9.17, 15) is 0 Å². The van der Waals surface area contributed by atoms with Crippen molar-refractivity contribution in [1.82, 2.24) is 0 Å². The molecule has 0 unspecified atom stereocenters. The van der Waals surface area contributed by atoms with Crippen molar-refractivity contribution in [3.05, 3.63) is 103 Å². The van der Waals surface area contributed by atoms with E-state index in [-0.39, 0.29) is 0 Å². The van der Waals surface area contributed by atoms with E-state index in [2.05, 4.69) is 123 Å². The normalized spacial score (nSPS) is 12.4. The third-order valence-corrected chi connectivity index (χ3v) is 10.0. The predicted molar refractivity (Wildman–Crippen MR) is 122 cm³/mol. The highest BCUT2D eigenvalue weighted by molar-refractivity contribution is 7.98. The van der Waals surface area contributed by atoms with Gasteiger partial charge in [0.25, 0.3) is 0 Å². The van der Waals surface area contributed by atoms with Gasteiger partial charge in [0.15, 0.2) is 0 Å². The number of rotatable bonds is 6. The van der Waals surface area contributed by atoms with Crippen molar-refractivity contribution < 1.29 is 0 Å². The molecule has 3 rings (SSSR count). The summed E-state index contributed by atoms with van der Waals surface area (Å²) in [5.74, 6) is 2.55. The van der Waals surface area contributed by atoms with Gasteiger partial charge in [0.1, 0.15) is 23.2 Å². The Hall–Kier alpha value is -1.95. The van der Waals surface area contributed by atoms with Crippen LogP contribution in [0.15, 0.2) is 103 Å². The molecule has 0 bridgehead atoms. The smallest absolute Gasteiger partial charge is 0.0693 e. The fourth-order valence-corrected chi connectivity index (χ4v) is 8.04. The van der Waals surface area contributed by atoms with Gasteiger partial charge in [0.05, 0.1) is 5.82 Å². The topological polar surface area (TPSA) is 0 Å². The lowest BCUT2D eigenvalue weighted by Crippen LogP contribution is -2.29. The molecule has 0 radical (unpaired) electrons. The summed E-state index contributed by atoms with van der Waals surface area (Å²) in [6.45, 7) is 7.31. The molecule has 0 heterocycles.